The standard InChI is InChI=1S/C15H11Cl3FNO2/c1-8(22-13-6-5-9(19)7-11(13)17)15(21)20-12-4-2-3-10(16)14(12)18/h2-8H,1H3,(H,20,21). The van der Waals surface area contributed by atoms with Gasteiger partial charge in [-0.3, -0.25) is 4.79 Å². The molecule has 1 amide bonds. The van der Waals surface area contributed by atoms with E-state index in [9.17, 15) is 9.18 Å². The third-order valence-corrected chi connectivity index (χ3v) is 3.89. The number of benzene rings is 2. The van der Waals surface area contributed by atoms with Gasteiger partial charge in [0.05, 0.1) is 20.8 Å². The van der Waals surface area contributed by atoms with Crippen molar-refractivity contribution in [2.45, 2.75) is 13.0 Å². The van der Waals surface area contributed by atoms with Crippen molar-refractivity contribution < 1.29 is 13.9 Å². The van der Waals surface area contributed by atoms with E-state index in [0.29, 0.717) is 10.7 Å². The Bertz CT molecular complexity index is 709. The number of nitrogens with one attached hydrogen (secondary N) is 1. The van der Waals surface area contributed by atoms with E-state index in [-0.39, 0.29) is 15.8 Å². The molecule has 1 unspecified atom stereocenters. The summed E-state index contributed by atoms with van der Waals surface area (Å²) in [7, 11) is 0. The predicted molar refractivity (Wildman–Crippen MR) is 86.6 cm³/mol. The van der Waals surface area contributed by atoms with Gasteiger partial charge in [-0.1, -0.05) is 40.9 Å². The van der Waals surface area contributed by atoms with Crippen LogP contribution in [0, 0.1) is 5.82 Å². The van der Waals surface area contributed by atoms with Crippen LogP contribution in [-0.4, -0.2) is 12.0 Å². The predicted octanol–water partition coefficient (Wildman–Crippen LogP) is 5.19. The molecule has 2 rings (SSSR count). The van der Waals surface area contributed by atoms with Crippen molar-refractivity contribution in [3.8, 4) is 5.75 Å². The van der Waals surface area contributed by atoms with Gasteiger partial charge in [-0.25, -0.2) is 4.39 Å². The SMILES string of the molecule is CC(Oc1ccc(F)cc1Cl)C(=O)Nc1cccc(Cl)c1Cl. The Morgan fingerprint density at radius 1 is 1.18 bits per heavy atom. The Morgan fingerprint density at radius 2 is 1.91 bits per heavy atom. The molecule has 0 aliphatic heterocycles. The van der Waals surface area contributed by atoms with E-state index in [1.54, 1.807) is 18.2 Å². The van der Waals surface area contributed by atoms with Gasteiger partial charge in [0.15, 0.2) is 6.10 Å². The second-order valence-corrected chi connectivity index (χ2v) is 5.62. The highest BCUT2D eigenvalue weighted by atomic mass is 35.5. The number of carbonyl (C=O) groups excluding carboxylic acids is 1. The first-order valence-corrected chi connectivity index (χ1v) is 7.38. The number of anilines is 1. The van der Waals surface area contributed by atoms with Gasteiger partial charge in [-0.05, 0) is 37.3 Å². The first-order chi connectivity index (χ1) is 10.4. The fourth-order valence-electron chi connectivity index (χ4n) is 1.65. The lowest BCUT2D eigenvalue weighted by Gasteiger charge is -2.16. The maximum atomic E-state index is 13.0. The Morgan fingerprint density at radius 3 is 2.59 bits per heavy atom. The minimum atomic E-state index is -0.863. The van der Waals surface area contributed by atoms with Crippen LogP contribution in [0.1, 0.15) is 6.92 Å². The molecule has 1 atom stereocenters. The summed E-state index contributed by atoms with van der Waals surface area (Å²) in [4.78, 5) is 12.1. The van der Waals surface area contributed by atoms with Crippen LogP contribution in [0.15, 0.2) is 36.4 Å². The number of ether oxygens (including phenoxy) is 1. The molecule has 0 aliphatic rings. The van der Waals surface area contributed by atoms with E-state index in [1.165, 1.54) is 19.1 Å². The van der Waals surface area contributed by atoms with Crippen molar-refractivity contribution in [1.82, 2.24) is 0 Å². The van der Waals surface area contributed by atoms with Crippen molar-refractivity contribution in [1.29, 1.82) is 0 Å². The van der Waals surface area contributed by atoms with E-state index in [4.69, 9.17) is 39.5 Å². The summed E-state index contributed by atoms with van der Waals surface area (Å²) in [6.45, 7) is 1.54. The smallest absolute Gasteiger partial charge is 0.265 e. The van der Waals surface area contributed by atoms with E-state index in [2.05, 4.69) is 5.32 Å². The van der Waals surface area contributed by atoms with Gasteiger partial charge < -0.3 is 10.1 Å². The lowest BCUT2D eigenvalue weighted by Crippen LogP contribution is -2.30. The average Bonchev–Trinajstić information content (AvgIpc) is 2.46. The number of hydrogen-bond acceptors (Lipinski definition) is 2. The molecular formula is C15H11Cl3FNO2. The summed E-state index contributed by atoms with van der Waals surface area (Å²) >= 11 is 17.7. The third kappa shape index (κ3) is 4.03. The van der Waals surface area contributed by atoms with Gasteiger partial charge >= 0.3 is 0 Å². The number of rotatable bonds is 4. The summed E-state index contributed by atoms with van der Waals surface area (Å²) in [5.41, 5.74) is 0.375. The Hall–Kier alpha value is -1.49. The van der Waals surface area contributed by atoms with Crippen molar-refractivity contribution in [3.05, 3.63) is 57.3 Å². The molecule has 0 spiro atoms. The molecule has 2 aromatic rings. The number of hydrogen-bond donors (Lipinski definition) is 1. The van der Waals surface area contributed by atoms with Gasteiger partial charge in [0.1, 0.15) is 11.6 Å². The molecule has 0 saturated carbocycles. The Labute approximate surface area is 141 Å². The molecule has 7 heteroatoms. The quantitative estimate of drug-likeness (QED) is 0.812. The van der Waals surface area contributed by atoms with Gasteiger partial charge in [0.25, 0.3) is 5.91 Å². The van der Waals surface area contributed by atoms with Crippen LogP contribution in [0.4, 0.5) is 10.1 Å². The monoisotopic (exact) mass is 361 g/mol. The van der Waals surface area contributed by atoms with Crippen LogP contribution in [0.3, 0.4) is 0 Å². The van der Waals surface area contributed by atoms with E-state index >= 15 is 0 Å². The van der Waals surface area contributed by atoms with Crippen LogP contribution < -0.4 is 10.1 Å². The molecule has 116 valence electrons. The maximum absolute atomic E-state index is 13.0. The number of amides is 1. The van der Waals surface area contributed by atoms with E-state index < -0.39 is 17.8 Å². The first-order valence-electron chi connectivity index (χ1n) is 6.25. The summed E-state index contributed by atoms with van der Waals surface area (Å²) in [5, 5.41) is 3.26. The molecule has 22 heavy (non-hydrogen) atoms. The zero-order chi connectivity index (χ0) is 16.3. The highest BCUT2D eigenvalue weighted by Gasteiger charge is 2.18. The highest BCUT2D eigenvalue weighted by molar-refractivity contribution is 6.44. The largest absolute Gasteiger partial charge is 0.479 e. The zero-order valence-corrected chi connectivity index (χ0v) is 13.6. The molecule has 0 bridgehead atoms. The molecule has 0 fully saturated rings. The normalized spacial score (nSPS) is 11.9. The molecule has 0 aliphatic carbocycles. The lowest BCUT2D eigenvalue weighted by molar-refractivity contribution is -0.122. The van der Waals surface area contributed by atoms with Gasteiger partial charge in [-0.2, -0.15) is 0 Å². The summed E-state index contributed by atoms with van der Waals surface area (Å²) in [6.07, 6.45) is -0.863. The Kier molecular flexibility index (Phi) is 5.51. The molecular weight excluding hydrogens is 352 g/mol. The highest BCUT2D eigenvalue weighted by Crippen LogP contribution is 2.30. The Balaban J connectivity index is 2.07. The minimum Gasteiger partial charge on any atom is -0.479 e. The maximum Gasteiger partial charge on any atom is 0.265 e. The second-order valence-electron chi connectivity index (χ2n) is 4.43. The summed E-state index contributed by atoms with van der Waals surface area (Å²) in [5.74, 6) is -0.715. The van der Waals surface area contributed by atoms with Crippen LogP contribution >= 0.6 is 34.8 Å². The summed E-state index contributed by atoms with van der Waals surface area (Å²) < 4.78 is 18.4. The van der Waals surface area contributed by atoms with Crippen LogP contribution in [-0.2, 0) is 4.79 Å². The lowest BCUT2D eigenvalue weighted by atomic mass is 10.3. The molecule has 0 heterocycles. The topological polar surface area (TPSA) is 38.3 Å². The van der Waals surface area contributed by atoms with Gasteiger partial charge in [-0.15, -0.1) is 0 Å². The second kappa shape index (κ2) is 7.18. The third-order valence-electron chi connectivity index (χ3n) is 2.78. The molecule has 0 saturated heterocycles. The fourth-order valence-corrected chi connectivity index (χ4v) is 2.21. The van der Waals surface area contributed by atoms with Gasteiger partial charge in [0, 0.05) is 0 Å². The minimum absolute atomic E-state index is 0.0837. The number of carbonyl (C=O) groups is 1. The fraction of sp³-hybridized carbons (Fsp3) is 0.133. The van der Waals surface area contributed by atoms with Crippen LogP contribution in [0.5, 0.6) is 5.75 Å². The first kappa shape index (κ1) is 16.9. The molecule has 0 aromatic heterocycles. The molecule has 0 radical (unpaired) electrons. The molecule has 1 N–H and O–H groups in total. The van der Waals surface area contributed by atoms with Gasteiger partial charge in [0.2, 0.25) is 0 Å². The number of halogens is 4. The zero-order valence-electron chi connectivity index (χ0n) is 11.4. The summed E-state index contributed by atoms with van der Waals surface area (Å²) in [6, 6.07) is 8.54. The van der Waals surface area contributed by atoms with Crippen molar-refractivity contribution in [2.24, 2.45) is 0 Å². The molecule has 2 aromatic carbocycles. The van der Waals surface area contributed by atoms with E-state index in [0.717, 1.165) is 6.07 Å². The van der Waals surface area contributed by atoms with Crippen molar-refractivity contribution >= 4 is 46.4 Å². The van der Waals surface area contributed by atoms with Crippen molar-refractivity contribution in [2.75, 3.05) is 5.32 Å². The van der Waals surface area contributed by atoms with Crippen LogP contribution in [0.2, 0.25) is 15.1 Å². The molecule has 3 nitrogen and oxygen atoms in total. The van der Waals surface area contributed by atoms with Crippen molar-refractivity contribution in [3.63, 3.8) is 0 Å². The average molecular weight is 363 g/mol. The van der Waals surface area contributed by atoms with Crippen LogP contribution in [0.25, 0.3) is 0 Å². The van der Waals surface area contributed by atoms with E-state index in [1.807, 2.05) is 0 Å².